The van der Waals surface area contributed by atoms with Gasteiger partial charge in [-0.2, -0.15) is 0 Å². The summed E-state index contributed by atoms with van der Waals surface area (Å²) in [6.07, 6.45) is 6.92. The lowest BCUT2D eigenvalue weighted by Crippen LogP contribution is -2.53. The number of nitrogens with one attached hydrogen (secondary N) is 2. The molecule has 0 unspecified atom stereocenters. The van der Waals surface area contributed by atoms with E-state index in [-0.39, 0.29) is 23.1 Å². The van der Waals surface area contributed by atoms with Gasteiger partial charge in [-0.25, -0.2) is 5.48 Å². The average Bonchev–Trinajstić information content (AvgIpc) is 3.03. The molecule has 1 aromatic heterocycles. The quantitative estimate of drug-likeness (QED) is 0.579. The van der Waals surface area contributed by atoms with Crippen molar-refractivity contribution in [2.45, 2.75) is 51.5 Å². The predicted molar refractivity (Wildman–Crippen MR) is 82.9 cm³/mol. The third-order valence-corrected chi connectivity index (χ3v) is 6.16. The summed E-state index contributed by atoms with van der Waals surface area (Å²) in [7, 11) is 0. The van der Waals surface area contributed by atoms with E-state index in [1.54, 1.807) is 0 Å². The van der Waals surface area contributed by atoms with Crippen molar-refractivity contribution in [3.8, 4) is 0 Å². The van der Waals surface area contributed by atoms with E-state index in [9.17, 15) is 9.59 Å². The van der Waals surface area contributed by atoms with Crippen molar-refractivity contribution in [3.05, 3.63) is 17.5 Å². The molecule has 4 aliphatic carbocycles. The van der Waals surface area contributed by atoms with E-state index < -0.39 is 5.91 Å². The Balaban J connectivity index is 1.46. The van der Waals surface area contributed by atoms with Crippen LogP contribution >= 0.6 is 0 Å². The van der Waals surface area contributed by atoms with Crippen molar-refractivity contribution < 1.29 is 19.3 Å². The maximum absolute atomic E-state index is 13.0. The number of hydroxylamine groups is 1. The van der Waals surface area contributed by atoms with Crippen molar-refractivity contribution in [1.82, 2.24) is 16.0 Å². The Morgan fingerprint density at radius 3 is 2.38 bits per heavy atom. The lowest BCUT2D eigenvalue weighted by atomic mass is 9.49. The molecule has 4 aliphatic rings. The van der Waals surface area contributed by atoms with Gasteiger partial charge in [-0.1, -0.05) is 5.16 Å². The second-order valence-electron chi connectivity index (χ2n) is 7.95. The fourth-order valence-corrected chi connectivity index (χ4v) is 5.47. The van der Waals surface area contributed by atoms with Crippen LogP contribution in [0.2, 0.25) is 0 Å². The first-order valence-electron chi connectivity index (χ1n) is 8.71. The number of aromatic nitrogens is 1. The zero-order valence-corrected chi connectivity index (χ0v) is 13.7. The summed E-state index contributed by atoms with van der Waals surface area (Å²) in [5.74, 6) is 1.42. The number of carbonyl (C=O) groups is 2. The Hall–Kier alpha value is -1.89. The smallest absolute Gasteiger partial charge is 0.313 e. The summed E-state index contributed by atoms with van der Waals surface area (Å²) in [6.45, 7) is 1.83. The van der Waals surface area contributed by atoms with E-state index in [1.165, 1.54) is 30.8 Å². The SMILES string of the molecule is C[C@H](NC(=O)C12CC3CC(CC(C3)C1)C2)c1cc(C(=O)NO)on1. The highest BCUT2D eigenvalue weighted by molar-refractivity contribution is 5.90. The third kappa shape index (κ3) is 2.51. The van der Waals surface area contributed by atoms with Crippen LogP contribution in [0.1, 0.15) is 67.7 Å². The average molecular weight is 333 g/mol. The van der Waals surface area contributed by atoms with Crippen LogP contribution in [0, 0.1) is 23.2 Å². The standard InChI is InChI=1S/C17H23N3O4/c1-9(13-5-14(24-20-13)15(21)19-23)18-16(22)17-6-10-2-11(7-17)4-12(3-10)8-17/h5,9-12,23H,2-4,6-8H2,1H3,(H,18,22)(H,19,21)/t9-,10?,11?,12?,17?/m0/s1. The van der Waals surface area contributed by atoms with Gasteiger partial charge in [0.05, 0.1) is 6.04 Å². The van der Waals surface area contributed by atoms with Gasteiger partial charge < -0.3 is 9.84 Å². The van der Waals surface area contributed by atoms with E-state index in [0.717, 1.165) is 19.3 Å². The highest BCUT2D eigenvalue weighted by Gasteiger charge is 2.54. The van der Waals surface area contributed by atoms with Crippen LogP contribution in [-0.2, 0) is 4.79 Å². The van der Waals surface area contributed by atoms with Gasteiger partial charge in [-0.05, 0) is 63.2 Å². The molecular formula is C17H23N3O4. The fourth-order valence-electron chi connectivity index (χ4n) is 5.47. The van der Waals surface area contributed by atoms with Crippen molar-refractivity contribution in [2.75, 3.05) is 0 Å². The lowest BCUT2D eigenvalue weighted by Gasteiger charge is -2.55. The molecule has 130 valence electrons. The molecule has 0 saturated heterocycles. The highest BCUT2D eigenvalue weighted by atomic mass is 16.5. The van der Waals surface area contributed by atoms with Gasteiger partial charge in [-0.3, -0.25) is 14.8 Å². The minimum atomic E-state index is -0.756. The van der Waals surface area contributed by atoms with Crippen molar-refractivity contribution in [3.63, 3.8) is 0 Å². The van der Waals surface area contributed by atoms with E-state index in [1.807, 2.05) is 6.92 Å². The molecule has 7 heteroatoms. The topological polar surface area (TPSA) is 104 Å². The molecule has 1 aromatic rings. The van der Waals surface area contributed by atoms with Gasteiger partial charge in [0.2, 0.25) is 11.7 Å². The molecule has 1 atom stereocenters. The minimum Gasteiger partial charge on any atom is -0.351 e. The molecule has 0 radical (unpaired) electrons. The first kappa shape index (κ1) is 15.6. The monoisotopic (exact) mass is 333 g/mol. The number of nitrogens with zero attached hydrogens (tertiary/aromatic N) is 1. The minimum absolute atomic E-state index is 0.0802. The predicted octanol–water partition coefficient (Wildman–Crippen LogP) is 2.19. The Morgan fingerprint density at radius 2 is 1.83 bits per heavy atom. The Bertz CT molecular complexity index is 633. The number of amides is 2. The summed E-state index contributed by atoms with van der Waals surface area (Å²) >= 11 is 0. The maximum Gasteiger partial charge on any atom is 0.313 e. The molecule has 5 rings (SSSR count). The van der Waals surface area contributed by atoms with Crippen LogP contribution in [0.15, 0.2) is 10.6 Å². The number of hydrogen-bond donors (Lipinski definition) is 3. The van der Waals surface area contributed by atoms with Crippen LogP contribution < -0.4 is 10.8 Å². The normalized spacial score (nSPS) is 34.8. The first-order valence-corrected chi connectivity index (χ1v) is 8.71. The molecule has 1 heterocycles. The van der Waals surface area contributed by atoms with Gasteiger partial charge in [-0.15, -0.1) is 0 Å². The second kappa shape index (κ2) is 5.58. The van der Waals surface area contributed by atoms with Crippen LogP contribution in [0.5, 0.6) is 0 Å². The zero-order valence-electron chi connectivity index (χ0n) is 13.7. The first-order chi connectivity index (χ1) is 11.5. The fraction of sp³-hybridized carbons (Fsp3) is 0.706. The number of carbonyl (C=O) groups excluding carboxylic acids is 2. The summed E-state index contributed by atoms with van der Waals surface area (Å²) in [4.78, 5) is 24.3. The molecular weight excluding hydrogens is 310 g/mol. The van der Waals surface area contributed by atoms with Gasteiger partial charge >= 0.3 is 5.91 Å². The number of hydrogen-bond acceptors (Lipinski definition) is 5. The lowest BCUT2D eigenvalue weighted by molar-refractivity contribution is -0.147. The molecule has 24 heavy (non-hydrogen) atoms. The molecule has 4 saturated carbocycles. The summed E-state index contributed by atoms with van der Waals surface area (Å²) in [5, 5.41) is 15.5. The zero-order chi connectivity index (χ0) is 16.9. The van der Waals surface area contributed by atoms with E-state index in [4.69, 9.17) is 9.73 Å². The van der Waals surface area contributed by atoms with Crippen molar-refractivity contribution >= 4 is 11.8 Å². The third-order valence-electron chi connectivity index (χ3n) is 6.16. The van der Waals surface area contributed by atoms with Gasteiger partial charge in [0.1, 0.15) is 5.69 Å². The molecule has 3 N–H and O–H groups in total. The molecule has 7 nitrogen and oxygen atoms in total. The molecule has 2 amide bonds. The van der Waals surface area contributed by atoms with Gasteiger partial charge in [0.25, 0.3) is 0 Å². The van der Waals surface area contributed by atoms with Crippen LogP contribution in [-0.4, -0.2) is 22.2 Å². The molecule has 4 fully saturated rings. The molecule has 0 aliphatic heterocycles. The molecule has 0 aromatic carbocycles. The molecule has 0 spiro atoms. The van der Waals surface area contributed by atoms with E-state index >= 15 is 0 Å². The Kier molecular flexibility index (Phi) is 3.63. The number of rotatable bonds is 4. The van der Waals surface area contributed by atoms with Gasteiger partial charge in [0, 0.05) is 11.5 Å². The second-order valence-corrected chi connectivity index (χ2v) is 7.95. The summed E-state index contributed by atoms with van der Waals surface area (Å²) in [6, 6.07) is 1.10. The van der Waals surface area contributed by atoms with Crippen molar-refractivity contribution in [1.29, 1.82) is 0 Å². The van der Waals surface area contributed by atoms with E-state index in [2.05, 4.69) is 10.5 Å². The van der Waals surface area contributed by atoms with Crippen molar-refractivity contribution in [2.24, 2.45) is 23.2 Å². The molecule has 4 bridgehead atoms. The van der Waals surface area contributed by atoms with Crippen LogP contribution in [0.3, 0.4) is 0 Å². The largest absolute Gasteiger partial charge is 0.351 e. The van der Waals surface area contributed by atoms with Crippen LogP contribution in [0.25, 0.3) is 0 Å². The van der Waals surface area contributed by atoms with Gasteiger partial charge in [0.15, 0.2) is 0 Å². The van der Waals surface area contributed by atoms with Crippen LogP contribution in [0.4, 0.5) is 0 Å². The summed E-state index contributed by atoms with van der Waals surface area (Å²) in [5.41, 5.74) is 1.77. The maximum atomic E-state index is 13.0. The summed E-state index contributed by atoms with van der Waals surface area (Å²) < 4.78 is 4.90. The highest BCUT2D eigenvalue weighted by Crippen LogP contribution is 2.60. The van der Waals surface area contributed by atoms with E-state index in [0.29, 0.717) is 23.4 Å². The Labute approximate surface area is 140 Å². The Morgan fingerprint density at radius 1 is 1.25 bits per heavy atom.